The smallest absolute Gasteiger partial charge is 0.0912 e. The van der Waals surface area contributed by atoms with Gasteiger partial charge in [0.25, 0.3) is 0 Å². The summed E-state index contributed by atoms with van der Waals surface area (Å²) in [6.45, 7) is 4.22. The highest BCUT2D eigenvalue weighted by atomic mass is 32.2. The Kier molecular flexibility index (Phi) is 3.08. The maximum absolute atomic E-state index is 10.5. The van der Waals surface area contributed by atoms with Gasteiger partial charge < -0.3 is 5.11 Å². The molecule has 15 heavy (non-hydrogen) atoms. The van der Waals surface area contributed by atoms with Crippen LogP contribution >= 0.6 is 11.8 Å². The van der Waals surface area contributed by atoms with Crippen LogP contribution in [0.3, 0.4) is 0 Å². The largest absolute Gasteiger partial charge is 0.385 e. The van der Waals surface area contributed by atoms with Gasteiger partial charge in [0, 0.05) is 0 Å². The van der Waals surface area contributed by atoms with Gasteiger partial charge in [0.05, 0.1) is 5.60 Å². The van der Waals surface area contributed by atoms with Gasteiger partial charge in [-0.25, -0.2) is 0 Å². The molecule has 1 fully saturated rings. The molecule has 0 unspecified atom stereocenters. The molecule has 1 saturated heterocycles. The molecule has 0 saturated carbocycles. The minimum Gasteiger partial charge on any atom is -0.385 e. The summed E-state index contributed by atoms with van der Waals surface area (Å²) >= 11 is 1.94. The Balaban J connectivity index is 2.31. The highest BCUT2D eigenvalue weighted by Gasteiger charge is 2.31. The predicted molar refractivity (Wildman–Crippen MR) is 66.4 cm³/mol. The molecular weight excluding hydrogens is 204 g/mol. The van der Waals surface area contributed by atoms with Crippen LogP contribution < -0.4 is 0 Å². The van der Waals surface area contributed by atoms with Gasteiger partial charge >= 0.3 is 0 Å². The molecule has 1 aromatic rings. The SMILES string of the molecule is Cc1ccc(C2(O)CCSCC2)cc1C. The van der Waals surface area contributed by atoms with Gasteiger partial charge in [-0.15, -0.1) is 0 Å². The average Bonchev–Trinajstić information content (AvgIpc) is 2.23. The fourth-order valence-electron chi connectivity index (χ4n) is 2.03. The lowest BCUT2D eigenvalue weighted by molar-refractivity contribution is 0.0280. The molecular formula is C13H18OS. The van der Waals surface area contributed by atoms with Crippen LogP contribution in [-0.2, 0) is 5.60 Å². The molecule has 1 heterocycles. The second-order valence-electron chi connectivity index (χ2n) is 4.44. The standard InChI is InChI=1S/C13H18OS/c1-10-3-4-12(9-11(10)2)13(14)5-7-15-8-6-13/h3-4,9,14H,5-8H2,1-2H3. The van der Waals surface area contributed by atoms with Crippen molar-refractivity contribution in [3.05, 3.63) is 34.9 Å². The summed E-state index contributed by atoms with van der Waals surface area (Å²) in [5.74, 6) is 2.15. The minimum absolute atomic E-state index is 0.566. The van der Waals surface area contributed by atoms with Crippen molar-refractivity contribution in [2.24, 2.45) is 0 Å². The van der Waals surface area contributed by atoms with Crippen LogP contribution in [0.25, 0.3) is 0 Å². The Labute approximate surface area is 95.9 Å². The lowest BCUT2D eigenvalue weighted by atomic mass is 9.86. The van der Waals surface area contributed by atoms with Crippen molar-refractivity contribution in [3.63, 3.8) is 0 Å². The summed E-state index contributed by atoms with van der Waals surface area (Å²) in [6.07, 6.45) is 1.78. The molecule has 1 nitrogen and oxygen atoms in total. The molecule has 1 N–H and O–H groups in total. The van der Waals surface area contributed by atoms with Crippen molar-refractivity contribution in [1.29, 1.82) is 0 Å². The van der Waals surface area contributed by atoms with Gasteiger partial charge in [-0.05, 0) is 54.9 Å². The zero-order valence-corrected chi connectivity index (χ0v) is 10.2. The molecule has 0 aliphatic carbocycles. The fraction of sp³-hybridized carbons (Fsp3) is 0.538. The van der Waals surface area contributed by atoms with Crippen molar-refractivity contribution in [2.75, 3.05) is 11.5 Å². The van der Waals surface area contributed by atoms with Crippen molar-refractivity contribution >= 4 is 11.8 Å². The van der Waals surface area contributed by atoms with Crippen LogP contribution in [-0.4, -0.2) is 16.6 Å². The zero-order valence-electron chi connectivity index (χ0n) is 9.42. The van der Waals surface area contributed by atoms with E-state index in [1.807, 2.05) is 11.8 Å². The highest BCUT2D eigenvalue weighted by molar-refractivity contribution is 7.99. The average molecular weight is 222 g/mol. The molecule has 0 radical (unpaired) electrons. The summed E-state index contributed by atoms with van der Waals surface area (Å²) in [4.78, 5) is 0. The Bertz CT molecular complexity index is 354. The summed E-state index contributed by atoms with van der Waals surface area (Å²) < 4.78 is 0. The lowest BCUT2D eigenvalue weighted by Gasteiger charge is -2.32. The van der Waals surface area contributed by atoms with E-state index in [0.717, 1.165) is 29.9 Å². The normalized spacial score (nSPS) is 20.2. The van der Waals surface area contributed by atoms with E-state index in [4.69, 9.17) is 0 Å². The summed E-state index contributed by atoms with van der Waals surface area (Å²) in [5.41, 5.74) is 3.11. The van der Waals surface area contributed by atoms with Crippen LogP contribution in [0, 0.1) is 13.8 Å². The maximum Gasteiger partial charge on any atom is 0.0912 e. The van der Waals surface area contributed by atoms with Gasteiger partial charge in [0.2, 0.25) is 0 Å². The number of aryl methyl sites for hydroxylation is 2. The van der Waals surface area contributed by atoms with Crippen LogP contribution in [0.15, 0.2) is 18.2 Å². The third-order valence-electron chi connectivity index (χ3n) is 3.36. The van der Waals surface area contributed by atoms with Crippen molar-refractivity contribution in [1.82, 2.24) is 0 Å². The summed E-state index contributed by atoms with van der Waals surface area (Å²) in [7, 11) is 0. The van der Waals surface area contributed by atoms with E-state index in [2.05, 4.69) is 32.0 Å². The van der Waals surface area contributed by atoms with E-state index in [-0.39, 0.29) is 0 Å². The number of benzene rings is 1. The Morgan fingerprint density at radius 2 is 1.80 bits per heavy atom. The van der Waals surface area contributed by atoms with E-state index in [1.165, 1.54) is 11.1 Å². The number of hydrogen-bond donors (Lipinski definition) is 1. The molecule has 82 valence electrons. The Hall–Kier alpha value is -0.470. The first-order valence-corrected chi connectivity index (χ1v) is 6.65. The molecule has 0 aromatic heterocycles. The molecule has 2 heteroatoms. The fourth-order valence-corrected chi connectivity index (χ4v) is 3.20. The van der Waals surface area contributed by atoms with Gasteiger partial charge in [0.15, 0.2) is 0 Å². The molecule has 0 amide bonds. The lowest BCUT2D eigenvalue weighted by Crippen LogP contribution is -2.30. The predicted octanol–water partition coefficient (Wildman–Crippen LogP) is 3.02. The van der Waals surface area contributed by atoms with Gasteiger partial charge in [-0.1, -0.05) is 18.2 Å². The van der Waals surface area contributed by atoms with E-state index < -0.39 is 5.60 Å². The van der Waals surface area contributed by atoms with Crippen molar-refractivity contribution in [2.45, 2.75) is 32.3 Å². The quantitative estimate of drug-likeness (QED) is 0.788. The number of aliphatic hydroxyl groups is 1. The highest BCUT2D eigenvalue weighted by Crippen LogP contribution is 2.36. The second kappa shape index (κ2) is 4.18. The van der Waals surface area contributed by atoms with Gasteiger partial charge in [-0.3, -0.25) is 0 Å². The van der Waals surface area contributed by atoms with Gasteiger partial charge in [-0.2, -0.15) is 11.8 Å². The monoisotopic (exact) mass is 222 g/mol. The molecule has 1 aromatic carbocycles. The van der Waals surface area contributed by atoms with E-state index >= 15 is 0 Å². The molecule has 1 aliphatic heterocycles. The van der Waals surface area contributed by atoms with E-state index in [1.54, 1.807) is 0 Å². The third kappa shape index (κ3) is 2.21. The summed E-state index contributed by atoms with van der Waals surface area (Å²) in [6, 6.07) is 6.34. The Morgan fingerprint density at radius 1 is 1.13 bits per heavy atom. The van der Waals surface area contributed by atoms with Crippen molar-refractivity contribution in [3.8, 4) is 0 Å². The minimum atomic E-state index is -0.566. The number of hydrogen-bond acceptors (Lipinski definition) is 2. The molecule has 0 atom stereocenters. The van der Waals surface area contributed by atoms with Crippen LogP contribution in [0.1, 0.15) is 29.5 Å². The van der Waals surface area contributed by atoms with Crippen LogP contribution in [0.2, 0.25) is 0 Å². The second-order valence-corrected chi connectivity index (χ2v) is 5.67. The topological polar surface area (TPSA) is 20.2 Å². The molecule has 0 spiro atoms. The molecule has 0 bridgehead atoms. The van der Waals surface area contributed by atoms with Crippen molar-refractivity contribution < 1.29 is 5.11 Å². The third-order valence-corrected chi connectivity index (χ3v) is 4.35. The first kappa shape index (κ1) is 11.0. The van der Waals surface area contributed by atoms with Crippen LogP contribution in [0.5, 0.6) is 0 Å². The Morgan fingerprint density at radius 3 is 2.40 bits per heavy atom. The first-order valence-electron chi connectivity index (χ1n) is 5.50. The molecule has 2 rings (SSSR count). The molecule has 1 aliphatic rings. The maximum atomic E-state index is 10.5. The zero-order chi connectivity index (χ0) is 10.9. The number of rotatable bonds is 1. The summed E-state index contributed by atoms with van der Waals surface area (Å²) in [5, 5.41) is 10.5. The van der Waals surface area contributed by atoms with Gasteiger partial charge in [0.1, 0.15) is 0 Å². The first-order chi connectivity index (χ1) is 7.12. The van der Waals surface area contributed by atoms with E-state index in [9.17, 15) is 5.11 Å². The van der Waals surface area contributed by atoms with E-state index in [0.29, 0.717) is 0 Å². The number of thioether (sulfide) groups is 1. The van der Waals surface area contributed by atoms with Crippen LogP contribution in [0.4, 0.5) is 0 Å².